The molecule has 0 aliphatic heterocycles. The van der Waals surface area contributed by atoms with E-state index in [1.54, 1.807) is 0 Å². The summed E-state index contributed by atoms with van der Waals surface area (Å²) in [4.78, 5) is 14.2. The van der Waals surface area contributed by atoms with Crippen molar-refractivity contribution in [2.45, 2.75) is 27.2 Å². The quantitative estimate of drug-likeness (QED) is 0.868. The van der Waals surface area contributed by atoms with Gasteiger partial charge in [-0.1, -0.05) is 24.3 Å². The van der Waals surface area contributed by atoms with Gasteiger partial charge in [-0.2, -0.15) is 0 Å². The van der Waals surface area contributed by atoms with Crippen molar-refractivity contribution in [3.8, 4) is 0 Å². The summed E-state index contributed by atoms with van der Waals surface area (Å²) in [7, 11) is 0. The number of nitrogens with one attached hydrogen (secondary N) is 1. The van der Waals surface area contributed by atoms with Crippen LogP contribution in [0.15, 0.2) is 48.5 Å². The molecule has 1 amide bonds. The summed E-state index contributed by atoms with van der Waals surface area (Å²) < 4.78 is 0. The standard InChI is InChI=1S/C19H24N2O/c1-4-21(18-8-6-5-7-9-18)19(22)10-11-20-17-13-15(2)12-16(3)14-17/h5-9,12-14,20H,4,10-11H2,1-3H3. The van der Waals surface area contributed by atoms with E-state index in [0.717, 1.165) is 11.4 Å². The van der Waals surface area contributed by atoms with Gasteiger partial charge in [0.25, 0.3) is 0 Å². The molecule has 0 unspecified atom stereocenters. The zero-order valence-electron chi connectivity index (χ0n) is 13.6. The molecule has 22 heavy (non-hydrogen) atoms. The molecular weight excluding hydrogens is 272 g/mol. The number of rotatable bonds is 6. The number of carbonyl (C=O) groups is 1. The summed E-state index contributed by atoms with van der Waals surface area (Å²) in [5.41, 5.74) is 4.50. The second-order valence-electron chi connectivity index (χ2n) is 5.53. The lowest BCUT2D eigenvalue weighted by molar-refractivity contribution is -0.118. The van der Waals surface area contributed by atoms with Crippen LogP contribution in [-0.2, 0) is 4.79 Å². The first-order valence-corrected chi connectivity index (χ1v) is 7.77. The Morgan fingerprint density at radius 3 is 2.27 bits per heavy atom. The average molecular weight is 296 g/mol. The summed E-state index contributed by atoms with van der Waals surface area (Å²) in [5, 5.41) is 3.34. The molecule has 0 spiro atoms. The second-order valence-corrected chi connectivity index (χ2v) is 5.53. The summed E-state index contributed by atoms with van der Waals surface area (Å²) in [6, 6.07) is 16.2. The van der Waals surface area contributed by atoms with Gasteiger partial charge in [0.1, 0.15) is 0 Å². The number of anilines is 2. The van der Waals surface area contributed by atoms with E-state index in [1.807, 2.05) is 42.2 Å². The Hall–Kier alpha value is -2.29. The number of para-hydroxylation sites is 1. The van der Waals surface area contributed by atoms with Crippen molar-refractivity contribution < 1.29 is 4.79 Å². The molecule has 2 aromatic rings. The highest BCUT2D eigenvalue weighted by Gasteiger charge is 2.12. The van der Waals surface area contributed by atoms with Crippen LogP contribution in [0.3, 0.4) is 0 Å². The monoisotopic (exact) mass is 296 g/mol. The van der Waals surface area contributed by atoms with E-state index in [9.17, 15) is 4.79 Å². The molecule has 0 radical (unpaired) electrons. The maximum absolute atomic E-state index is 12.4. The fourth-order valence-corrected chi connectivity index (χ4v) is 2.64. The lowest BCUT2D eigenvalue weighted by atomic mass is 10.1. The molecule has 0 aliphatic carbocycles. The van der Waals surface area contributed by atoms with Gasteiger partial charge in [0.05, 0.1) is 0 Å². The molecular formula is C19H24N2O. The first kappa shape index (κ1) is 16.1. The van der Waals surface area contributed by atoms with E-state index >= 15 is 0 Å². The minimum Gasteiger partial charge on any atom is -0.385 e. The zero-order chi connectivity index (χ0) is 15.9. The number of carbonyl (C=O) groups excluding carboxylic acids is 1. The Morgan fingerprint density at radius 2 is 1.68 bits per heavy atom. The van der Waals surface area contributed by atoms with Crippen molar-refractivity contribution in [3.63, 3.8) is 0 Å². The summed E-state index contributed by atoms with van der Waals surface area (Å²) in [5.74, 6) is 0.144. The van der Waals surface area contributed by atoms with Gasteiger partial charge in [0, 0.05) is 30.9 Å². The SMILES string of the molecule is CCN(C(=O)CCNc1cc(C)cc(C)c1)c1ccccc1. The smallest absolute Gasteiger partial charge is 0.228 e. The molecule has 0 aliphatic rings. The third-order valence-electron chi connectivity index (χ3n) is 3.57. The molecule has 0 atom stereocenters. The number of aryl methyl sites for hydroxylation is 2. The predicted octanol–water partition coefficient (Wildman–Crippen LogP) is 4.16. The molecule has 116 valence electrons. The molecule has 0 fully saturated rings. The molecule has 0 heterocycles. The van der Waals surface area contributed by atoms with Gasteiger partial charge in [-0.3, -0.25) is 4.79 Å². The Bertz CT molecular complexity index is 602. The molecule has 2 rings (SSSR count). The first-order chi connectivity index (χ1) is 10.6. The van der Waals surface area contributed by atoms with Crippen LogP contribution in [0.25, 0.3) is 0 Å². The van der Waals surface area contributed by atoms with E-state index in [0.29, 0.717) is 19.5 Å². The maximum atomic E-state index is 12.4. The van der Waals surface area contributed by atoms with E-state index in [4.69, 9.17) is 0 Å². The van der Waals surface area contributed by atoms with Crippen molar-refractivity contribution in [3.05, 3.63) is 59.7 Å². The summed E-state index contributed by atoms with van der Waals surface area (Å²) >= 11 is 0. The maximum Gasteiger partial charge on any atom is 0.228 e. The van der Waals surface area contributed by atoms with Crippen molar-refractivity contribution in [1.29, 1.82) is 0 Å². The van der Waals surface area contributed by atoms with Crippen LogP contribution in [0.1, 0.15) is 24.5 Å². The molecule has 0 saturated carbocycles. The minimum atomic E-state index is 0.144. The van der Waals surface area contributed by atoms with E-state index in [-0.39, 0.29) is 5.91 Å². The average Bonchev–Trinajstić information content (AvgIpc) is 2.48. The van der Waals surface area contributed by atoms with Gasteiger partial charge in [-0.15, -0.1) is 0 Å². The molecule has 0 bridgehead atoms. The van der Waals surface area contributed by atoms with Gasteiger partial charge in [0.2, 0.25) is 5.91 Å². The second kappa shape index (κ2) is 7.64. The van der Waals surface area contributed by atoms with Crippen molar-refractivity contribution in [2.75, 3.05) is 23.3 Å². The van der Waals surface area contributed by atoms with Gasteiger partial charge in [-0.25, -0.2) is 0 Å². The highest BCUT2D eigenvalue weighted by atomic mass is 16.2. The lowest BCUT2D eigenvalue weighted by Gasteiger charge is -2.21. The van der Waals surface area contributed by atoms with Gasteiger partial charge < -0.3 is 10.2 Å². The normalized spacial score (nSPS) is 10.3. The minimum absolute atomic E-state index is 0.144. The lowest BCUT2D eigenvalue weighted by Crippen LogP contribution is -2.31. The topological polar surface area (TPSA) is 32.3 Å². The van der Waals surface area contributed by atoms with Crippen LogP contribution in [0.4, 0.5) is 11.4 Å². The first-order valence-electron chi connectivity index (χ1n) is 7.77. The third kappa shape index (κ3) is 4.35. The van der Waals surface area contributed by atoms with Crippen LogP contribution in [0.2, 0.25) is 0 Å². The van der Waals surface area contributed by atoms with Crippen LogP contribution >= 0.6 is 0 Å². The largest absolute Gasteiger partial charge is 0.385 e. The molecule has 1 N–H and O–H groups in total. The third-order valence-corrected chi connectivity index (χ3v) is 3.57. The van der Waals surface area contributed by atoms with Crippen LogP contribution in [0.5, 0.6) is 0 Å². The van der Waals surface area contributed by atoms with Crippen molar-refractivity contribution in [1.82, 2.24) is 0 Å². The van der Waals surface area contributed by atoms with E-state index < -0.39 is 0 Å². The van der Waals surface area contributed by atoms with Gasteiger partial charge in [0.15, 0.2) is 0 Å². The highest BCUT2D eigenvalue weighted by molar-refractivity contribution is 5.93. The molecule has 0 aromatic heterocycles. The van der Waals surface area contributed by atoms with Crippen LogP contribution < -0.4 is 10.2 Å². The number of amides is 1. The van der Waals surface area contributed by atoms with Crippen LogP contribution in [0, 0.1) is 13.8 Å². The van der Waals surface area contributed by atoms with E-state index in [1.165, 1.54) is 11.1 Å². The zero-order valence-corrected chi connectivity index (χ0v) is 13.6. The molecule has 3 nitrogen and oxygen atoms in total. The Labute approximate surface area is 133 Å². The van der Waals surface area contributed by atoms with Crippen molar-refractivity contribution >= 4 is 17.3 Å². The van der Waals surface area contributed by atoms with Crippen molar-refractivity contribution in [2.24, 2.45) is 0 Å². The highest BCUT2D eigenvalue weighted by Crippen LogP contribution is 2.16. The van der Waals surface area contributed by atoms with E-state index in [2.05, 4.69) is 37.4 Å². The molecule has 2 aromatic carbocycles. The number of hydrogen-bond donors (Lipinski definition) is 1. The molecule has 3 heteroatoms. The Balaban J connectivity index is 1.91. The Morgan fingerprint density at radius 1 is 1.05 bits per heavy atom. The number of hydrogen-bond acceptors (Lipinski definition) is 2. The van der Waals surface area contributed by atoms with Gasteiger partial charge in [-0.05, 0) is 56.2 Å². The summed E-state index contributed by atoms with van der Waals surface area (Å²) in [6.45, 7) is 7.49. The number of nitrogens with zero attached hydrogens (tertiary/aromatic N) is 1. The predicted molar refractivity (Wildman–Crippen MR) is 93.5 cm³/mol. The van der Waals surface area contributed by atoms with Gasteiger partial charge >= 0.3 is 0 Å². The molecule has 0 saturated heterocycles. The Kier molecular flexibility index (Phi) is 5.59. The number of benzene rings is 2. The summed E-state index contributed by atoms with van der Waals surface area (Å²) in [6.07, 6.45) is 0.482. The van der Waals surface area contributed by atoms with Crippen LogP contribution in [-0.4, -0.2) is 19.0 Å². The fourth-order valence-electron chi connectivity index (χ4n) is 2.64. The fraction of sp³-hybridized carbons (Fsp3) is 0.316.